The van der Waals surface area contributed by atoms with Crippen LogP contribution in [0.2, 0.25) is 0 Å². The smallest absolute Gasteiger partial charge is 0.126 e. The SMILES string of the molecule is CC(CO)C(C)NC1CC(c2ccccc2F)C1. The largest absolute Gasteiger partial charge is 0.396 e. The molecule has 0 saturated heterocycles. The van der Waals surface area contributed by atoms with Crippen molar-refractivity contribution < 1.29 is 9.50 Å². The molecule has 0 aliphatic heterocycles. The molecule has 0 spiro atoms. The number of aliphatic hydroxyl groups is 1. The van der Waals surface area contributed by atoms with Gasteiger partial charge < -0.3 is 10.4 Å². The van der Waals surface area contributed by atoms with Crippen LogP contribution in [-0.2, 0) is 0 Å². The number of benzene rings is 1. The monoisotopic (exact) mass is 251 g/mol. The van der Waals surface area contributed by atoms with E-state index in [4.69, 9.17) is 5.11 Å². The summed E-state index contributed by atoms with van der Waals surface area (Å²) in [5, 5.41) is 12.6. The quantitative estimate of drug-likeness (QED) is 0.843. The highest BCUT2D eigenvalue weighted by Gasteiger charge is 2.32. The van der Waals surface area contributed by atoms with E-state index >= 15 is 0 Å². The normalized spacial score (nSPS) is 26.4. The molecule has 1 fully saturated rings. The molecule has 2 rings (SSSR count). The molecule has 2 atom stereocenters. The molecule has 18 heavy (non-hydrogen) atoms. The first-order valence-corrected chi connectivity index (χ1v) is 6.73. The molecular formula is C15H22FNO. The van der Waals surface area contributed by atoms with Crippen LogP contribution >= 0.6 is 0 Å². The maximum absolute atomic E-state index is 13.6. The second kappa shape index (κ2) is 5.81. The van der Waals surface area contributed by atoms with Gasteiger partial charge in [-0.25, -0.2) is 4.39 Å². The van der Waals surface area contributed by atoms with Gasteiger partial charge in [0.15, 0.2) is 0 Å². The van der Waals surface area contributed by atoms with Gasteiger partial charge in [-0.15, -0.1) is 0 Å². The highest BCUT2D eigenvalue weighted by molar-refractivity contribution is 5.24. The lowest BCUT2D eigenvalue weighted by molar-refractivity contribution is 0.179. The molecule has 0 radical (unpaired) electrons. The van der Waals surface area contributed by atoms with E-state index in [2.05, 4.69) is 12.2 Å². The highest BCUT2D eigenvalue weighted by atomic mass is 19.1. The lowest BCUT2D eigenvalue weighted by Gasteiger charge is -2.39. The predicted octanol–water partition coefficient (Wildman–Crippen LogP) is 2.68. The van der Waals surface area contributed by atoms with Gasteiger partial charge in [0, 0.05) is 18.7 Å². The Bertz CT molecular complexity index is 390. The Morgan fingerprint density at radius 1 is 1.33 bits per heavy atom. The third-order valence-electron chi connectivity index (χ3n) is 4.12. The van der Waals surface area contributed by atoms with Gasteiger partial charge in [0.25, 0.3) is 0 Å². The Hall–Kier alpha value is -0.930. The number of hydrogen-bond acceptors (Lipinski definition) is 2. The second-order valence-electron chi connectivity index (χ2n) is 5.50. The van der Waals surface area contributed by atoms with Crippen molar-refractivity contribution in [2.75, 3.05) is 6.61 Å². The molecule has 2 unspecified atom stereocenters. The molecule has 100 valence electrons. The van der Waals surface area contributed by atoms with Gasteiger partial charge >= 0.3 is 0 Å². The third-order valence-corrected chi connectivity index (χ3v) is 4.12. The molecule has 2 nitrogen and oxygen atoms in total. The Labute approximate surface area is 108 Å². The van der Waals surface area contributed by atoms with E-state index < -0.39 is 0 Å². The van der Waals surface area contributed by atoms with Crippen LogP contribution in [0.5, 0.6) is 0 Å². The molecule has 0 bridgehead atoms. The van der Waals surface area contributed by atoms with E-state index in [9.17, 15) is 4.39 Å². The first-order valence-electron chi connectivity index (χ1n) is 6.73. The van der Waals surface area contributed by atoms with Crippen molar-refractivity contribution in [1.29, 1.82) is 0 Å². The number of halogens is 1. The van der Waals surface area contributed by atoms with Gasteiger partial charge in [0.05, 0.1) is 0 Å². The standard InChI is InChI=1S/C15H22FNO/c1-10(9-18)11(2)17-13-7-12(8-13)14-5-3-4-6-15(14)16/h3-6,10-13,17-18H,7-9H2,1-2H3. The summed E-state index contributed by atoms with van der Waals surface area (Å²) in [7, 11) is 0. The fraction of sp³-hybridized carbons (Fsp3) is 0.600. The maximum Gasteiger partial charge on any atom is 0.126 e. The predicted molar refractivity (Wildman–Crippen MR) is 71.0 cm³/mol. The summed E-state index contributed by atoms with van der Waals surface area (Å²) >= 11 is 0. The van der Waals surface area contributed by atoms with Gasteiger partial charge in [-0.2, -0.15) is 0 Å². The van der Waals surface area contributed by atoms with Gasteiger partial charge in [-0.05, 0) is 43.2 Å². The molecule has 1 aromatic carbocycles. The molecule has 0 amide bonds. The Morgan fingerprint density at radius 3 is 2.61 bits per heavy atom. The zero-order chi connectivity index (χ0) is 13.1. The van der Waals surface area contributed by atoms with E-state index in [0.717, 1.165) is 18.4 Å². The summed E-state index contributed by atoms with van der Waals surface area (Å²) in [6.07, 6.45) is 1.98. The molecule has 0 aromatic heterocycles. The Kier molecular flexibility index (Phi) is 4.36. The fourth-order valence-corrected chi connectivity index (χ4v) is 2.51. The molecule has 1 aliphatic rings. The number of rotatable bonds is 5. The molecule has 1 aliphatic carbocycles. The summed E-state index contributed by atoms with van der Waals surface area (Å²) in [5.41, 5.74) is 0.846. The zero-order valence-electron chi connectivity index (χ0n) is 11.1. The minimum Gasteiger partial charge on any atom is -0.396 e. The lowest BCUT2D eigenvalue weighted by Crippen LogP contribution is -2.47. The molecule has 0 heterocycles. The fourth-order valence-electron chi connectivity index (χ4n) is 2.51. The number of hydrogen-bond donors (Lipinski definition) is 2. The van der Waals surface area contributed by atoms with Crippen molar-refractivity contribution in [3.8, 4) is 0 Å². The van der Waals surface area contributed by atoms with E-state index in [1.807, 2.05) is 19.1 Å². The third kappa shape index (κ3) is 2.90. The first-order chi connectivity index (χ1) is 8.61. The number of nitrogens with one attached hydrogen (secondary N) is 1. The van der Waals surface area contributed by atoms with E-state index in [-0.39, 0.29) is 18.3 Å². The van der Waals surface area contributed by atoms with Crippen LogP contribution < -0.4 is 5.32 Å². The van der Waals surface area contributed by atoms with E-state index in [0.29, 0.717) is 18.0 Å². The van der Waals surface area contributed by atoms with Gasteiger partial charge in [0.2, 0.25) is 0 Å². The second-order valence-corrected chi connectivity index (χ2v) is 5.50. The van der Waals surface area contributed by atoms with Gasteiger partial charge in [-0.1, -0.05) is 25.1 Å². The summed E-state index contributed by atoms with van der Waals surface area (Å²) in [6.45, 7) is 4.33. The highest BCUT2D eigenvalue weighted by Crippen LogP contribution is 2.38. The van der Waals surface area contributed by atoms with Crippen LogP contribution in [0.4, 0.5) is 4.39 Å². The minimum absolute atomic E-state index is 0.0854. The Balaban J connectivity index is 1.82. The molecule has 2 N–H and O–H groups in total. The summed E-state index contributed by atoms with van der Waals surface area (Å²) < 4.78 is 13.6. The average Bonchev–Trinajstić information content (AvgIpc) is 2.33. The average molecular weight is 251 g/mol. The lowest BCUT2D eigenvalue weighted by atomic mass is 9.75. The topological polar surface area (TPSA) is 32.3 Å². The van der Waals surface area contributed by atoms with Crippen LogP contribution in [0.25, 0.3) is 0 Å². The zero-order valence-corrected chi connectivity index (χ0v) is 11.1. The van der Waals surface area contributed by atoms with Crippen molar-refractivity contribution in [3.05, 3.63) is 35.6 Å². The molecule has 1 saturated carbocycles. The van der Waals surface area contributed by atoms with Crippen molar-refractivity contribution in [3.63, 3.8) is 0 Å². The maximum atomic E-state index is 13.6. The van der Waals surface area contributed by atoms with Crippen LogP contribution in [0, 0.1) is 11.7 Å². The molecular weight excluding hydrogens is 229 g/mol. The van der Waals surface area contributed by atoms with Crippen LogP contribution in [-0.4, -0.2) is 23.8 Å². The molecule has 1 aromatic rings. The van der Waals surface area contributed by atoms with Crippen molar-refractivity contribution in [2.45, 2.75) is 44.7 Å². The summed E-state index contributed by atoms with van der Waals surface area (Å²) in [6, 6.07) is 7.82. The van der Waals surface area contributed by atoms with Gasteiger partial charge in [0.1, 0.15) is 5.82 Å². The van der Waals surface area contributed by atoms with E-state index in [1.165, 1.54) is 6.07 Å². The van der Waals surface area contributed by atoms with Crippen molar-refractivity contribution >= 4 is 0 Å². The Morgan fingerprint density at radius 2 is 2.00 bits per heavy atom. The molecule has 3 heteroatoms. The summed E-state index contributed by atoms with van der Waals surface area (Å²) in [5.74, 6) is 0.524. The minimum atomic E-state index is -0.0854. The first kappa shape index (κ1) is 13.5. The van der Waals surface area contributed by atoms with Gasteiger partial charge in [-0.3, -0.25) is 0 Å². The van der Waals surface area contributed by atoms with Crippen molar-refractivity contribution in [2.24, 2.45) is 5.92 Å². The van der Waals surface area contributed by atoms with E-state index in [1.54, 1.807) is 6.07 Å². The van der Waals surface area contributed by atoms with Crippen LogP contribution in [0.15, 0.2) is 24.3 Å². The number of aliphatic hydroxyl groups excluding tert-OH is 1. The van der Waals surface area contributed by atoms with Crippen LogP contribution in [0.3, 0.4) is 0 Å². The summed E-state index contributed by atoms with van der Waals surface area (Å²) in [4.78, 5) is 0. The van der Waals surface area contributed by atoms with Crippen LogP contribution in [0.1, 0.15) is 38.2 Å². The van der Waals surface area contributed by atoms with Crippen molar-refractivity contribution in [1.82, 2.24) is 5.32 Å².